The lowest BCUT2D eigenvalue weighted by Crippen LogP contribution is -2.48. The number of rotatable bonds is 6. The van der Waals surface area contributed by atoms with E-state index in [0.29, 0.717) is 12.3 Å². The van der Waals surface area contributed by atoms with Gasteiger partial charge in [0.15, 0.2) is 6.23 Å². The van der Waals surface area contributed by atoms with Crippen molar-refractivity contribution in [3.8, 4) is 0 Å². The van der Waals surface area contributed by atoms with Crippen molar-refractivity contribution in [3.63, 3.8) is 0 Å². The van der Waals surface area contributed by atoms with Crippen LogP contribution in [0.15, 0.2) is 0 Å². The molecule has 0 fully saturated rings. The van der Waals surface area contributed by atoms with Crippen molar-refractivity contribution < 1.29 is 14.6 Å². The molecule has 2 N–H and O–H groups in total. The highest BCUT2D eigenvalue weighted by molar-refractivity contribution is 6.17. The predicted octanol–water partition coefficient (Wildman–Crippen LogP) is 0.0848. The molecule has 0 aliphatic rings. The molecule has 4 nitrogen and oxygen atoms in total. The van der Waals surface area contributed by atoms with Gasteiger partial charge in [-0.15, -0.1) is 11.6 Å². The molecule has 12 heavy (non-hydrogen) atoms. The normalized spacial score (nSPS) is 14.0. The van der Waals surface area contributed by atoms with Crippen LogP contribution in [-0.2, 0) is 9.53 Å². The highest BCUT2D eigenvalue weighted by Gasteiger charge is 2.26. The van der Waals surface area contributed by atoms with Gasteiger partial charge in [0.1, 0.15) is 5.60 Å². The van der Waals surface area contributed by atoms with E-state index in [2.05, 4.69) is 5.32 Å². The van der Waals surface area contributed by atoms with Gasteiger partial charge in [-0.25, -0.2) is 0 Å². The standard InChI is InChI=1S/C7H14ClNO3/c1-7(2,11)6(9-5-10)12-4-3-8/h5-6,11H,3-4H2,1-2H3,(H,9,10). The van der Waals surface area contributed by atoms with E-state index >= 15 is 0 Å². The lowest BCUT2D eigenvalue weighted by molar-refractivity contribution is -0.127. The first-order valence-corrected chi connectivity index (χ1v) is 4.15. The smallest absolute Gasteiger partial charge is 0.209 e. The van der Waals surface area contributed by atoms with Gasteiger partial charge in [0.05, 0.1) is 6.61 Å². The van der Waals surface area contributed by atoms with E-state index in [1.165, 1.54) is 0 Å². The van der Waals surface area contributed by atoms with Crippen LogP contribution in [0.4, 0.5) is 0 Å². The molecule has 0 saturated heterocycles. The summed E-state index contributed by atoms with van der Waals surface area (Å²) >= 11 is 5.37. The fourth-order valence-electron chi connectivity index (χ4n) is 0.680. The second-order valence-electron chi connectivity index (χ2n) is 2.88. The Hall–Kier alpha value is -0.320. The van der Waals surface area contributed by atoms with Gasteiger partial charge in [0, 0.05) is 5.88 Å². The molecular formula is C7H14ClNO3. The van der Waals surface area contributed by atoms with Crippen LogP contribution in [0, 0.1) is 0 Å². The van der Waals surface area contributed by atoms with Crippen molar-refractivity contribution in [2.75, 3.05) is 12.5 Å². The maximum Gasteiger partial charge on any atom is 0.209 e. The average Bonchev–Trinajstić information content (AvgIpc) is 1.95. The van der Waals surface area contributed by atoms with Crippen LogP contribution in [0.3, 0.4) is 0 Å². The van der Waals surface area contributed by atoms with Gasteiger partial charge >= 0.3 is 0 Å². The number of ether oxygens (including phenoxy) is 1. The third-order valence-electron chi connectivity index (χ3n) is 1.22. The zero-order valence-electron chi connectivity index (χ0n) is 7.21. The van der Waals surface area contributed by atoms with Gasteiger partial charge in [-0.1, -0.05) is 0 Å². The quantitative estimate of drug-likeness (QED) is 0.359. The highest BCUT2D eigenvalue weighted by Crippen LogP contribution is 2.09. The van der Waals surface area contributed by atoms with Gasteiger partial charge in [0.25, 0.3) is 0 Å². The van der Waals surface area contributed by atoms with Crippen molar-refractivity contribution in [1.82, 2.24) is 5.32 Å². The Balaban J connectivity index is 3.94. The number of nitrogens with one attached hydrogen (secondary N) is 1. The van der Waals surface area contributed by atoms with Crippen LogP contribution in [0.2, 0.25) is 0 Å². The number of hydrogen-bond acceptors (Lipinski definition) is 3. The summed E-state index contributed by atoms with van der Waals surface area (Å²) in [5.41, 5.74) is -1.10. The minimum Gasteiger partial charge on any atom is -0.386 e. The molecule has 5 heteroatoms. The third-order valence-corrected chi connectivity index (χ3v) is 1.38. The Labute approximate surface area is 76.9 Å². The van der Waals surface area contributed by atoms with Crippen LogP contribution in [0.5, 0.6) is 0 Å². The fraction of sp³-hybridized carbons (Fsp3) is 0.857. The molecule has 0 bridgehead atoms. The molecule has 0 spiro atoms. The SMILES string of the molecule is CC(C)(O)C(NC=O)OCCCl. The molecule has 0 aromatic heterocycles. The minimum absolute atomic E-state index is 0.289. The lowest BCUT2D eigenvalue weighted by atomic mass is 10.1. The lowest BCUT2D eigenvalue weighted by Gasteiger charge is -2.28. The molecular weight excluding hydrogens is 182 g/mol. The van der Waals surface area contributed by atoms with Crippen LogP contribution >= 0.6 is 11.6 Å². The van der Waals surface area contributed by atoms with Gasteiger partial charge in [-0.3, -0.25) is 4.79 Å². The van der Waals surface area contributed by atoms with E-state index in [0.717, 1.165) is 0 Å². The summed E-state index contributed by atoms with van der Waals surface area (Å²) in [6.45, 7) is 3.38. The second-order valence-corrected chi connectivity index (χ2v) is 3.26. The summed E-state index contributed by atoms with van der Waals surface area (Å²) in [6.07, 6.45) is -0.231. The van der Waals surface area contributed by atoms with Crippen LogP contribution < -0.4 is 5.32 Å². The van der Waals surface area contributed by atoms with E-state index in [1.807, 2.05) is 0 Å². The first kappa shape index (κ1) is 11.7. The third kappa shape index (κ3) is 4.54. The zero-order valence-corrected chi connectivity index (χ0v) is 7.97. The Bertz CT molecular complexity index is 135. The molecule has 0 aromatic rings. The summed E-state index contributed by atoms with van der Waals surface area (Å²) in [7, 11) is 0. The molecule has 1 atom stereocenters. The summed E-state index contributed by atoms with van der Waals surface area (Å²) in [6, 6.07) is 0. The Morgan fingerprint density at radius 1 is 1.75 bits per heavy atom. The van der Waals surface area contributed by atoms with E-state index in [4.69, 9.17) is 16.3 Å². The maximum absolute atomic E-state index is 10.1. The number of aliphatic hydroxyl groups is 1. The summed E-state index contributed by atoms with van der Waals surface area (Å²) in [5.74, 6) is 0.327. The molecule has 72 valence electrons. The fourth-order valence-corrected chi connectivity index (χ4v) is 0.769. The van der Waals surface area contributed by atoms with E-state index in [-0.39, 0.29) is 6.61 Å². The zero-order chi connectivity index (χ0) is 9.61. The van der Waals surface area contributed by atoms with E-state index in [9.17, 15) is 9.90 Å². The maximum atomic E-state index is 10.1. The number of amides is 1. The number of halogens is 1. The molecule has 0 saturated carbocycles. The van der Waals surface area contributed by atoms with E-state index in [1.54, 1.807) is 13.8 Å². The number of alkyl halides is 1. The number of carbonyl (C=O) groups is 1. The monoisotopic (exact) mass is 195 g/mol. The van der Waals surface area contributed by atoms with Crippen molar-refractivity contribution >= 4 is 18.0 Å². The van der Waals surface area contributed by atoms with Gasteiger partial charge in [-0.2, -0.15) is 0 Å². The number of hydrogen-bond donors (Lipinski definition) is 2. The predicted molar refractivity (Wildman–Crippen MR) is 46.0 cm³/mol. The topological polar surface area (TPSA) is 58.6 Å². The molecule has 0 rings (SSSR count). The van der Waals surface area contributed by atoms with Gasteiger partial charge in [0.2, 0.25) is 6.41 Å². The Kier molecular flexibility index (Phi) is 5.20. The Morgan fingerprint density at radius 3 is 2.67 bits per heavy atom. The van der Waals surface area contributed by atoms with Gasteiger partial charge in [-0.05, 0) is 13.8 Å². The molecule has 0 aliphatic heterocycles. The van der Waals surface area contributed by atoms with Crippen LogP contribution in [0.1, 0.15) is 13.8 Å². The molecule has 0 radical (unpaired) electrons. The summed E-state index contributed by atoms with van der Waals surface area (Å²) in [5, 5.41) is 11.8. The Morgan fingerprint density at radius 2 is 2.33 bits per heavy atom. The average molecular weight is 196 g/mol. The van der Waals surface area contributed by atoms with Crippen molar-refractivity contribution in [2.45, 2.75) is 25.7 Å². The van der Waals surface area contributed by atoms with Crippen LogP contribution in [0.25, 0.3) is 0 Å². The minimum atomic E-state index is -1.10. The van der Waals surface area contributed by atoms with Crippen molar-refractivity contribution in [1.29, 1.82) is 0 Å². The number of carbonyl (C=O) groups excluding carboxylic acids is 1. The largest absolute Gasteiger partial charge is 0.386 e. The van der Waals surface area contributed by atoms with Gasteiger partial charge < -0.3 is 15.2 Å². The first-order chi connectivity index (χ1) is 5.52. The second kappa shape index (κ2) is 5.35. The van der Waals surface area contributed by atoms with Crippen molar-refractivity contribution in [3.05, 3.63) is 0 Å². The first-order valence-electron chi connectivity index (χ1n) is 3.62. The molecule has 0 aliphatic carbocycles. The summed E-state index contributed by atoms with van der Waals surface area (Å²) < 4.78 is 5.07. The highest BCUT2D eigenvalue weighted by atomic mass is 35.5. The van der Waals surface area contributed by atoms with E-state index < -0.39 is 11.8 Å². The molecule has 0 heterocycles. The molecule has 1 unspecified atom stereocenters. The molecule has 0 aromatic carbocycles. The van der Waals surface area contributed by atoms with Crippen LogP contribution in [-0.4, -0.2) is 35.8 Å². The molecule has 1 amide bonds. The summed E-state index contributed by atoms with van der Waals surface area (Å²) in [4.78, 5) is 10.1. The van der Waals surface area contributed by atoms with Crippen molar-refractivity contribution in [2.24, 2.45) is 0 Å².